The zero-order chi connectivity index (χ0) is 14.1. The predicted octanol–water partition coefficient (Wildman–Crippen LogP) is 2.32. The minimum atomic E-state index is -1.85. The summed E-state index contributed by atoms with van der Waals surface area (Å²) in [6.45, 7) is 10.9. The van der Waals surface area contributed by atoms with Crippen molar-refractivity contribution in [3.05, 3.63) is 12.2 Å². The number of ether oxygens (including phenoxy) is 1. The molecule has 0 saturated carbocycles. The minimum absolute atomic E-state index is 0.0532. The van der Waals surface area contributed by atoms with E-state index >= 15 is 0 Å². The third-order valence-electron chi connectivity index (χ3n) is 4.08. The average molecular weight is 269 g/mol. The molecule has 0 aromatic carbocycles. The molecule has 1 heterocycles. The van der Waals surface area contributed by atoms with Crippen molar-refractivity contribution in [1.29, 1.82) is 0 Å². The van der Waals surface area contributed by atoms with Crippen LogP contribution in [0.1, 0.15) is 27.2 Å². The monoisotopic (exact) mass is 269 g/mol. The van der Waals surface area contributed by atoms with Gasteiger partial charge in [-0.05, 0) is 5.04 Å². The quantitative estimate of drug-likeness (QED) is 0.342. The van der Waals surface area contributed by atoms with Crippen LogP contribution in [0, 0.1) is 0 Å². The highest BCUT2D eigenvalue weighted by Crippen LogP contribution is 2.43. The van der Waals surface area contributed by atoms with Crippen molar-refractivity contribution in [2.45, 2.75) is 51.4 Å². The Kier molecular flexibility index (Phi) is 4.05. The lowest BCUT2D eigenvalue weighted by Crippen LogP contribution is -2.67. The number of esters is 1. The van der Waals surface area contributed by atoms with Gasteiger partial charge in [-0.2, -0.15) is 0 Å². The van der Waals surface area contributed by atoms with Crippen molar-refractivity contribution in [2.75, 3.05) is 7.11 Å². The first-order valence-corrected chi connectivity index (χ1v) is 9.14. The summed E-state index contributed by atoms with van der Waals surface area (Å²) in [5.74, 6) is -0.175. The molecule has 1 saturated heterocycles. The van der Waals surface area contributed by atoms with Crippen molar-refractivity contribution in [3.63, 3.8) is 0 Å². The maximum Gasteiger partial charge on any atom is 0.330 e. The van der Waals surface area contributed by atoms with Gasteiger partial charge in [0.2, 0.25) is 5.91 Å². The summed E-state index contributed by atoms with van der Waals surface area (Å²) in [5, 5.41) is 0.112. The summed E-state index contributed by atoms with van der Waals surface area (Å²) in [5.41, 5.74) is 0. The second-order valence-corrected chi connectivity index (χ2v) is 11.3. The van der Waals surface area contributed by atoms with E-state index < -0.39 is 8.24 Å². The van der Waals surface area contributed by atoms with Crippen LogP contribution in [-0.4, -0.2) is 37.8 Å². The van der Waals surface area contributed by atoms with Gasteiger partial charge in [0.05, 0.1) is 13.2 Å². The van der Waals surface area contributed by atoms with Gasteiger partial charge in [-0.1, -0.05) is 39.9 Å². The van der Waals surface area contributed by atoms with Gasteiger partial charge in [-0.3, -0.25) is 4.79 Å². The third kappa shape index (κ3) is 2.66. The van der Waals surface area contributed by atoms with Crippen molar-refractivity contribution in [2.24, 2.45) is 0 Å². The topological polar surface area (TPSA) is 46.6 Å². The van der Waals surface area contributed by atoms with E-state index in [0.29, 0.717) is 6.42 Å². The Bertz CT molecular complexity index is 382. The SMILES string of the molecule is COC(=O)/C=C\[C@@H]1CC(=O)N1[Si](C)(C)C(C)(C)C. The van der Waals surface area contributed by atoms with E-state index in [1.807, 2.05) is 4.57 Å². The highest BCUT2D eigenvalue weighted by Gasteiger charge is 2.50. The van der Waals surface area contributed by atoms with E-state index in [1.54, 1.807) is 6.08 Å². The molecule has 4 nitrogen and oxygen atoms in total. The van der Waals surface area contributed by atoms with E-state index in [0.717, 1.165) is 0 Å². The van der Waals surface area contributed by atoms with Crippen molar-refractivity contribution >= 4 is 20.1 Å². The number of amides is 1. The van der Waals surface area contributed by atoms with Gasteiger partial charge in [0.25, 0.3) is 0 Å². The van der Waals surface area contributed by atoms with Gasteiger partial charge >= 0.3 is 5.97 Å². The number of carbonyl (C=O) groups excluding carboxylic acids is 2. The Hall–Kier alpha value is -1.10. The van der Waals surface area contributed by atoms with Gasteiger partial charge in [0.1, 0.15) is 0 Å². The standard InChI is InChI=1S/C13H23NO3Si/c1-13(2,3)18(5,6)14-10(9-11(14)15)7-8-12(16)17-4/h7-8,10H,9H2,1-6H3/b8-7-/t10-/m1/s1. The fourth-order valence-electron chi connectivity index (χ4n) is 1.94. The smallest absolute Gasteiger partial charge is 0.330 e. The zero-order valence-electron chi connectivity index (χ0n) is 12.1. The predicted molar refractivity (Wildman–Crippen MR) is 73.6 cm³/mol. The first-order chi connectivity index (χ1) is 8.11. The molecule has 1 aliphatic rings. The first kappa shape index (κ1) is 15.0. The lowest BCUT2D eigenvalue weighted by atomic mass is 10.1. The minimum Gasteiger partial charge on any atom is -0.466 e. The summed E-state index contributed by atoms with van der Waals surface area (Å²) in [6.07, 6.45) is 3.70. The molecule has 1 amide bonds. The molecule has 0 aromatic heterocycles. The molecule has 0 aliphatic carbocycles. The van der Waals surface area contributed by atoms with Crippen molar-refractivity contribution in [3.8, 4) is 0 Å². The summed E-state index contributed by atoms with van der Waals surface area (Å²) in [4.78, 5) is 22.9. The molecule has 0 aromatic rings. The van der Waals surface area contributed by atoms with E-state index in [4.69, 9.17) is 0 Å². The van der Waals surface area contributed by atoms with Crippen LogP contribution < -0.4 is 0 Å². The number of nitrogens with zero attached hydrogens (tertiary/aromatic N) is 1. The molecule has 5 heteroatoms. The van der Waals surface area contributed by atoms with Crippen molar-refractivity contribution < 1.29 is 14.3 Å². The second-order valence-electron chi connectivity index (χ2n) is 6.23. The van der Waals surface area contributed by atoms with Gasteiger partial charge < -0.3 is 9.30 Å². The fraction of sp³-hybridized carbons (Fsp3) is 0.692. The van der Waals surface area contributed by atoms with Crippen LogP contribution in [0.4, 0.5) is 0 Å². The second kappa shape index (κ2) is 4.88. The lowest BCUT2D eigenvalue weighted by Gasteiger charge is -2.54. The van der Waals surface area contributed by atoms with E-state index in [2.05, 4.69) is 38.6 Å². The fourth-order valence-corrected chi connectivity index (χ4v) is 4.38. The molecule has 0 spiro atoms. The Morgan fingerprint density at radius 1 is 1.44 bits per heavy atom. The highest BCUT2D eigenvalue weighted by atomic mass is 28.3. The van der Waals surface area contributed by atoms with Crippen LogP contribution in [0.3, 0.4) is 0 Å². The summed E-state index contributed by atoms with van der Waals surface area (Å²) in [6, 6.07) is 0.0532. The molecule has 0 N–H and O–H groups in total. The van der Waals surface area contributed by atoms with Gasteiger partial charge in [-0.15, -0.1) is 0 Å². The number of methoxy groups -OCH3 is 1. The van der Waals surface area contributed by atoms with Gasteiger partial charge in [0.15, 0.2) is 8.24 Å². The van der Waals surface area contributed by atoms with E-state index in [9.17, 15) is 9.59 Å². The Balaban J connectivity index is 2.85. The number of rotatable bonds is 3. The molecular weight excluding hydrogens is 246 g/mol. The van der Waals surface area contributed by atoms with E-state index in [-0.39, 0.29) is 23.0 Å². The first-order valence-electron chi connectivity index (χ1n) is 6.19. The van der Waals surface area contributed by atoms with Crippen LogP contribution in [0.2, 0.25) is 18.1 Å². The number of carbonyl (C=O) groups is 2. The third-order valence-corrected chi connectivity index (χ3v) is 9.53. The molecular formula is C13H23NO3Si. The molecule has 1 fully saturated rings. The molecule has 102 valence electrons. The number of hydrogen-bond donors (Lipinski definition) is 0. The van der Waals surface area contributed by atoms with Crippen LogP contribution >= 0.6 is 0 Å². The molecule has 1 atom stereocenters. The largest absolute Gasteiger partial charge is 0.466 e. The number of β-lactam (4-membered cyclic amide) rings is 1. The van der Waals surface area contributed by atoms with Gasteiger partial charge in [-0.25, -0.2) is 4.79 Å². The molecule has 0 radical (unpaired) electrons. The Labute approximate surface area is 110 Å². The molecule has 1 aliphatic heterocycles. The molecule has 1 rings (SSSR count). The maximum atomic E-state index is 11.9. The normalized spacial score (nSPS) is 21.1. The Morgan fingerprint density at radius 2 is 2.00 bits per heavy atom. The highest BCUT2D eigenvalue weighted by molar-refractivity contribution is 6.80. The summed E-state index contributed by atoms with van der Waals surface area (Å²) in [7, 11) is -0.498. The average Bonchev–Trinajstić information content (AvgIpc) is 2.20. The van der Waals surface area contributed by atoms with Crippen molar-refractivity contribution in [1.82, 2.24) is 4.57 Å². The van der Waals surface area contributed by atoms with E-state index in [1.165, 1.54) is 13.2 Å². The molecule has 18 heavy (non-hydrogen) atoms. The van der Waals surface area contributed by atoms with Crippen LogP contribution in [-0.2, 0) is 14.3 Å². The van der Waals surface area contributed by atoms with Crippen LogP contribution in [0.5, 0.6) is 0 Å². The lowest BCUT2D eigenvalue weighted by molar-refractivity contribution is -0.138. The van der Waals surface area contributed by atoms with Crippen LogP contribution in [0.25, 0.3) is 0 Å². The number of hydrogen-bond acceptors (Lipinski definition) is 3. The summed E-state index contributed by atoms with van der Waals surface area (Å²) < 4.78 is 6.56. The van der Waals surface area contributed by atoms with Crippen LogP contribution in [0.15, 0.2) is 12.2 Å². The summed E-state index contributed by atoms with van der Waals surface area (Å²) >= 11 is 0. The zero-order valence-corrected chi connectivity index (χ0v) is 13.1. The maximum absolute atomic E-state index is 11.9. The Morgan fingerprint density at radius 3 is 2.39 bits per heavy atom. The van der Waals surface area contributed by atoms with Gasteiger partial charge in [0, 0.05) is 12.5 Å². The molecule has 0 bridgehead atoms. The molecule has 0 unspecified atom stereocenters.